The minimum atomic E-state index is 0.920. The first-order valence-electron chi connectivity index (χ1n) is 2.45. The molecular weight excluding hydrogens is 344 g/mol. The van der Waals surface area contributed by atoms with Crippen LogP contribution >= 0.6 is 60.4 Å². The van der Waals surface area contributed by atoms with Crippen LogP contribution in [0, 0.1) is 0 Å². The molecule has 0 amide bonds. The van der Waals surface area contributed by atoms with E-state index in [1.165, 1.54) is 0 Å². The molecule has 1 rings (SSSR count). The van der Waals surface area contributed by atoms with Gasteiger partial charge in [-0.3, -0.25) is 0 Å². The van der Waals surface area contributed by atoms with Crippen LogP contribution in [-0.2, 0) is 0 Å². The standard InChI is InChI=1S/C6H3Br3S/c7-3-1-4(8)6(10)5(9)2-3/h1-2,10H. The van der Waals surface area contributed by atoms with Gasteiger partial charge in [-0.05, 0) is 44.0 Å². The smallest absolute Gasteiger partial charge is 0.0331 e. The van der Waals surface area contributed by atoms with Gasteiger partial charge < -0.3 is 0 Å². The van der Waals surface area contributed by atoms with Crippen molar-refractivity contribution >= 4 is 60.4 Å². The molecule has 1 aromatic rings. The number of hydrogen-bond donors (Lipinski definition) is 1. The molecule has 1 aromatic carbocycles. The molecule has 0 aliphatic carbocycles. The molecule has 54 valence electrons. The third-order valence-corrected chi connectivity index (χ3v) is 3.78. The molecule has 0 N–H and O–H groups in total. The molecule has 0 aromatic heterocycles. The molecule has 0 saturated heterocycles. The van der Waals surface area contributed by atoms with Gasteiger partial charge in [-0.2, -0.15) is 0 Å². The topological polar surface area (TPSA) is 0 Å². The van der Waals surface area contributed by atoms with E-state index in [0.29, 0.717) is 0 Å². The number of hydrogen-bond acceptors (Lipinski definition) is 1. The van der Waals surface area contributed by atoms with Gasteiger partial charge in [0, 0.05) is 18.3 Å². The summed E-state index contributed by atoms with van der Waals surface area (Å²) in [5.41, 5.74) is 0. The van der Waals surface area contributed by atoms with Crippen molar-refractivity contribution in [2.45, 2.75) is 4.90 Å². The highest BCUT2D eigenvalue weighted by Gasteiger charge is 2.00. The first kappa shape index (κ1) is 9.10. The Kier molecular flexibility index (Phi) is 3.28. The lowest BCUT2D eigenvalue weighted by Crippen LogP contribution is -1.73. The minimum Gasteiger partial charge on any atom is -0.141 e. The Morgan fingerprint density at radius 2 is 1.40 bits per heavy atom. The SMILES string of the molecule is Sc1c(Br)cc(Br)cc1Br. The van der Waals surface area contributed by atoms with E-state index in [4.69, 9.17) is 0 Å². The van der Waals surface area contributed by atoms with Gasteiger partial charge in [0.25, 0.3) is 0 Å². The average molecular weight is 347 g/mol. The van der Waals surface area contributed by atoms with Crippen LogP contribution in [0.5, 0.6) is 0 Å². The van der Waals surface area contributed by atoms with Crippen LogP contribution in [-0.4, -0.2) is 0 Å². The number of benzene rings is 1. The molecule has 0 unspecified atom stereocenters. The van der Waals surface area contributed by atoms with Crippen molar-refractivity contribution in [3.63, 3.8) is 0 Å². The zero-order valence-electron chi connectivity index (χ0n) is 4.74. The van der Waals surface area contributed by atoms with E-state index in [-0.39, 0.29) is 0 Å². The zero-order valence-corrected chi connectivity index (χ0v) is 10.4. The van der Waals surface area contributed by atoms with Gasteiger partial charge >= 0.3 is 0 Å². The van der Waals surface area contributed by atoms with Crippen LogP contribution in [0.4, 0.5) is 0 Å². The number of halogens is 3. The van der Waals surface area contributed by atoms with E-state index in [1.807, 2.05) is 12.1 Å². The predicted molar refractivity (Wildman–Crippen MR) is 56.8 cm³/mol. The Labute approximate surface area is 90.2 Å². The van der Waals surface area contributed by atoms with Crippen molar-refractivity contribution in [1.29, 1.82) is 0 Å². The van der Waals surface area contributed by atoms with Gasteiger partial charge in [-0.1, -0.05) is 15.9 Å². The highest BCUT2D eigenvalue weighted by molar-refractivity contribution is 9.11. The van der Waals surface area contributed by atoms with E-state index in [9.17, 15) is 0 Å². The normalized spacial score (nSPS) is 10.0. The molecule has 0 spiro atoms. The summed E-state index contributed by atoms with van der Waals surface area (Å²) in [6.07, 6.45) is 0. The molecule has 0 atom stereocenters. The Morgan fingerprint density at radius 1 is 1.00 bits per heavy atom. The average Bonchev–Trinajstić information content (AvgIpc) is 1.82. The Hall–Kier alpha value is 1.01. The second kappa shape index (κ2) is 3.61. The Balaban J connectivity index is 3.31. The third kappa shape index (κ3) is 2.00. The molecule has 0 radical (unpaired) electrons. The molecule has 0 aliphatic rings. The van der Waals surface area contributed by atoms with Gasteiger partial charge in [0.2, 0.25) is 0 Å². The maximum atomic E-state index is 4.24. The molecule has 0 heterocycles. The van der Waals surface area contributed by atoms with Crippen LogP contribution in [0.1, 0.15) is 0 Å². The summed E-state index contributed by atoms with van der Waals surface area (Å²) in [7, 11) is 0. The predicted octanol–water partition coefficient (Wildman–Crippen LogP) is 4.26. The lowest BCUT2D eigenvalue weighted by Gasteiger charge is -1.99. The second-order valence-electron chi connectivity index (χ2n) is 1.72. The van der Waals surface area contributed by atoms with Crippen molar-refractivity contribution in [1.82, 2.24) is 0 Å². The molecule has 0 aliphatic heterocycles. The van der Waals surface area contributed by atoms with Gasteiger partial charge in [-0.15, -0.1) is 12.6 Å². The molecule has 0 saturated carbocycles. The molecule has 0 bridgehead atoms. The van der Waals surface area contributed by atoms with Gasteiger partial charge in [-0.25, -0.2) is 0 Å². The highest BCUT2D eigenvalue weighted by atomic mass is 79.9. The lowest BCUT2D eigenvalue weighted by molar-refractivity contribution is 1.35. The fraction of sp³-hybridized carbons (Fsp3) is 0. The maximum Gasteiger partial charge on any atom is 0.0331 e. The minimum absolute atomic E-state index is 0.920. The second-order valence-corrected chi connectivity index (χ2v) is 4.79. The molecule has 10 heavy (non-hydrogen) atoms. The molecule has 0 nitrogen and oxygen atoms in total. The largest absolute Gasteiger partial charge is 0.141 e. The Bertz CT molecular complexity index is 236. The van der Waals surface area contributed by atoms with Crippen molar-refractivity contribution in [2.24, 2.45) is 0 Å². The summed E-state index contributed by atoms with van der Waals surface area (Å²) in [5.74, 6) is 0. The van der Waals surface area contributed by atoms with E-state index in [1.54, 1.807) is 0 Å². The summed E-state index contributed by atoms with van der Waals surface area (Å²) < 4.78 is 3.00. The fourth-order valence-electron chi connectivity index (χ4n) is 0.535. The Morgan fingerprint density at radius 3 is 1.80 bits per heavy atom. The third-order valence-electron chi connectivity index (χ3n) is 0.982. The van der Waals surface area contributed by atoms with E-state index < -0.39 is 0 Å². The van der Waals surface area contributed by atoms with E-state index in [2.05, 4.69) is 60.4 Å². The van der Waals surface area contributed by atoms with E-state index >= 15 is 0 Å². The van der Waals surface area contributed by atoms with E-state index in [0.717, 1.165) is 18.3 Å². The van der Waals surface area contributed by atoms with Crippen molar-refractivity contribution in [2.75, 3.05) is 0 Å². The summed E-state index contributed by atoms with van der Waals surface area (Å²) in [6, 6.07) is 3.90. The van der Waals surface area contributed by atoms with Crippen LogP contribution in [0.15, 0.2) is 30.4 Å². The molecular formula is C6H3Br3S. The van der Waals surface area contributed by atoms with Crippen molar-refractivity contribution < 1.29 is 0 Å². The molecule has 4 heteroatoms. The van der Waals surface area contributed by atoms with Crippen LogP contribution < -0.4 is 0 Å². The lowest BCUT2D eigenvalue weighted by atomic mass is 10.4. The monoisotopic (exact) mass is 344 g/mol. The summed E-state index contributed by atoms with van der Waals surface area (Å²) in [5, 5.41) is 0. The quantitative estimate of drug-likeness (QED) is 0.667. The maximum absolute atomic E-state index is 4.24. The molecule has 0 fully saturated rings. The van der Waals surface area contributed by atoms with Gasteiger partial charge in [0.15, 0.2) is 0 Å². The fourth-order valence-corrected chi connectivity index (χ4v) is 2.92. The van der Waals surface area contributed by atoms with Crippen LogP contribution in [0.2, 0.25) is 0 Å². The van der Waals surface area contributed by atoms with Gasteiger partial charge in [0.05, 0.1) is 0 Å². The van der Waals surface area contributed by atoms with Crippen LogP contribution in [0.25, 0.3) is 0 Å². The summed E-state index contributed by atoms with van der Waals surface area (Å²) in [6.45, 7) is 0. The summed E-state index contributed by atoms with van der Waals surface area (Å²) >= 11 is 14.3. The first-order valence-corrected chi connectivity index (χ1v) is 5.27. The number of thiol groups is 1. The van der Waals surface area contributed by atoms with Crippen molar-refractivity contribution in [3.05, 3.63) is 25.6 Å². The number of rotatable bonds is 0. The zero-order chi connectivity index (χ0) is 7.72. The summed E-state index contributed by atoms with van der Waals surface area (Å²) in [4.78, 5) is 0.920. The van der Waals surface area contributed by atoms with Crippen LogP contribution in [0.3, 0.4) is 0 Å². The van der Waals surface area contributed by atoms with Crippen molar-refractivity contribution in [3.8, 4) is 0 Å². The first-order chi connectivity index (χ1) is 4.61. The highest BCUT2D eigenvalue weighted by Crippen LogP contribution is 2.31. The van der Waals surface area contributed by atoms with Gasteiger partial charge in [0.1, 0.15) is 0 Å².